The maximum Gasteiger partial charge on any atom is 0.233 e. The molecule has 2 heterocycles. The molecule has 0 aliphatic carbocycles. The molecule has 1 aliphatic heterocycles. The number of aromatic nitrogens is 1. The highest BCUT2D eigenvalue weighted by Gasteiger charge is 2.31. The summed E-state index contributed by atoms with van der Waals surface area (Å²) >= 11 is 1.64. The Morgan fingerprint density at radius 1 is 1.20 bits per heavy atom. The molecule has 25 heavy (non-hydrogen) atoms. The first kappa shape index (κ1) is 18.1. The van der Waals surface area contributed by atoms with Gasteiger partial charge in [0.15, 0.2) is 0 Å². The quantitative estimate of drug-likeness (QED) is 0.737. The second kappa shape index (κ2) is 7.28. The average Bonchev–Trinajstić information content (AvgIpc) is 3.20. The SMILES string of the molecule is Cn1cccc1C1CCCN1C(=O)CSc1ccc(C(C)(C)C)cc1. The van der Waals surface area contributed by atoms with Crippen molar-refractivity contribution in [1.29, 1.82) is 0 Å². The molecule has 3 nitrogen and oxygen atoms in total. The average molecular weight is 357 g/mol. The summed E-state index contributed by atoms with van der Waals surface area (Å²) in [6, 6.07) is 13.0. The Hall–Kier alpha value is -1.68. The lowest BCUT2D eigenvalue weighted by molar-refractivity contribution is -0.129. The molecular weight excluding hydrogens is 328 g/mol. The minimum atomic E-state index is 0.164. The Kier molecular flexibility index (Phi) is 5.28. The Labute approximate surface area is 155 Å². The molecule has 1 aliphatic rings. The number of rotatable bonds is 4. The van der Waals surface area contributed by atoms with E-state index in [-0.39, 0.29) is 17.4 Å². The van der Waals surface area contributed by atoms with Crippen molar-refractivity contribution in [2.45, 2.75) is 50.0 Å². The second-order valence-electron chi connectivity index (χ2n) is 7.85. The number of hydrogen-bond acceptors (Lipinski definition) is 2. The molecule has 1 aromatic carbocycles. The van der Waals surface area contributed by atoms with Crippen molar-refractivity contribution in [2.24, 2.45) is 7.05 Å². The van der Waals surface area contributed by atoms with E-state index >= 15 is 0 Å². The third-order valence-corrected chi connectivity index (χ3v) is 5.98. The molecule has 1 saturated heterocycles. The number of carbonyl (C=O) groups excluding carboxylic acids is 1. The van der Waals surface area contributed by atoms with Crippen LogP contribution in [0.3, 0.4) is 0 Å². The van der Waals surface area contributed by atoms with E-state index in [9.17, 15) is 4.79 Å². The third kappa shape index (κ3) is 4.12. The first-order chi connectivity index (χ1) is 11.9. The zero-order valence-electron chi connectivity index (χ0n) is 15.7. The maximum absolute atomic E-state index is 12.8. The predicted molar refractivity (Wildman–Crippen MR) is 105 cm³/mol. The van der Waals surface area contributed by atoms with Gasteiger partial charge >= 0.3 is 0 Å². The van der Waals surface area contributed by atoms with Gasteiger partial charge in [0, 0.05) is 30.4 Å². The topological polar surface area (TPSA) is 25.2 Å². The Bertz CT molecular complexity index is 727. The number of aryl methyl sites for hydroxylation is 1. The summed E-state index contributed by atoms with van der Waals surface area (Å²) in [4.78, 5) is 16.0. The first-order valence-electron chi connectivity index (χ1n) is 9.00. The first-order valence-corrected chi connectivity index (χ1v) is 9.99. The van der Waals surface area contributed by atoms with Crippen LogP contribution in [0.5, 0.6) is 0 Å². The summed E-state index contributed by atoms with van der Waals surface area (Å²) in [5.74, 6) is 0.754. The van der Waals surface area contributed by atoms with Crippen LogP contribution in [0.4, 0.5) is 0 Å². The molecule has 3 rings (SSSR count). The van der Waals surface area contributed by atoms with Gasteiger partial charge in [-0.1, -0.05) is 32.9 Å². The minimum Gasteiger partial charge on any atom is -0.353 e. The van der Waals surface area contributed by atoms with Gasteiger partial charge in [-0.05, 0) is 48.1 Å². The smallest absolute Gasteiger partial charge is 0.233 e. The normalized spacial score (nSPS) is 17.9. The molecule has 1 aromatic heterocycles. The van der Waals surface area contributed by atoms with Crippen LogP contribution in [-0.2, 0) is 17.3 Å². The Balaban J connectivity index is 1.61. The lowest BCUT2D eigenvalue weighted by Gasteiger charge is -2.25. The van der Waals surface area contributed by atoms with E-state index in [1.165, 1.54) is 11.3 Å². The molecule has 0 N–H and O–H groups in total. The van der Waals surface area contributed by atoms with E-state index in [1.807, 2.05) is 0 Å². The van der Waals surface area contributed by atoms with Crippen LogP contribution in [0.25, 0.3) is 0 Å². The Morgan fingerprint density at radius 3 is 2.52 bits per heavy atom. The highest BCUT2D eigenvalue weighted by atomic mass is 32.2. The molecule has 0 spiro atoms. The zero-order chi connectivity index (χ0) is 18.0. The van der Waals surface area contributed by atoms with Crippen molar-refractivity contribution in [3.63, 3.8) is 0 Å². The molecule has 0 radical (unpaired) electrons. The van der Waals surface area contributed by atoms with Gasteiger partial charge in [0.25, 0.3) is 0 Å². The number of hydrogen-bond donors (Lipinski definition) is 0. The van der Waals surface area contributed by atoms with E-state index in [2.05, 4.69) is 79.9 Å². The number of thioether (sulfide) groups is 1. The van der Waals surface area contributed by atoms with Crippen LogP contribution >= 0.6 is 11.8 Å². The van der Waals surface area contributed by atoms with Crippen LogP contribution in [-0.4, -0.2) is 27.7 Å². The molecule has 4 heteroatoms. The van der Waals surface area contributed by atoms with E-state index in [1.54, 1.807) is 11.8 Å². The fraction of sp³-hybridized carbons (Fsp3) is 0.476. The lowest BCUT2D eigenvalue weighted by Crippen LogP contribution is -2.32. The standard InChI is InChI=1S/C21H28N2OS/c1-21(2,3)16-9-11-17(12-10-16)25-15-20(24)23-14-6-8-19(23)18-7-5-13-22(18)4/h5,7,9-13,19H,6,8,14-15H2,1-4H3. The molecule has 0 saturated carbocycles. The molecule has 1 amide bonds. The highest BCUT2D eigenvalue weighted by Crippen LogP contribution is 2.33. The summed E-state index contributed by atoms with van der Waals surface area (Å²) < 4.78 is 2.13. The van der Waals surface area contributed by atoms with E-state index < -0.39 is 0 Å². The van der Waals surface area contributed by atoms with Gasteiger partial charge in [-0.25, -0.2) is 0 Å². The van der Waals surface area contributed by atoms with Crippen molar-refractivity contribution in [3.8, 4) is 0 Å². The summed E-state index contributed by atoms with van der Waals surface area (Å²) in [6.45, 7) is 7.53. The Morgan fingerprint density at radius 2 is 1.92 bits per heavy atom. The molecule has 134 valence electrons. The number of benzene rings is 1. The summed E-state index contributed by atoms with van der Waals surface area (Å²) in [7, 11) is 2.06. The number of likely N-dealkylation sites (tertiary alicyclic amines) is 1. The highest BCUT2D eigenvalue weighted by molar-refractivity contribution is 8.00. The number of nitrogens with zero attached hydrogens (tertiary/aromatic N) is 2. The lowest BCUT2D eigenvalue weighted by atomic mass is 9.87. The second-order valence-corrected chi connectivity index (χ2v) is 8.90. The van der Waals surface area contributed by atoms with Gasteiger partial charge in [0.1, 0.15) is 0 Å². The van der Waals surface area contributed by atoms with Crippen molar-refractivity contribution < 1.29 is 4.79 Å². The number of amides is 1. The maximum atomic E-state index is 12.8. The van der Waals surface area contributed by atoms with Crippen molar-refractivity contribution in [1.82, 2.24) is 9.47 Å². The number of carbonyl (C=O) groups is 1. The predicted octanol–water partition coefficient (Wildman–Crippen LogP) is 4.78. The van der Waals surface area contributed by atoms with Gasteiger partial charge in [0.2, 0.25) is 5.91 Å². The van der Waals surface area contributed by atoms with Crippen LogP contribution < -0.4 is 0 Å². The van der Waals surface area contributed by atoms with E-state index in [0.29, 0.717) is 5.75 Å². The molecule has 1 atom stereocenters. The van der Waals surface area contributed by atoms with Crippen molar-refractivity contribution >= 4 is 17.7 Å². The fourth-order valence-corrected chi connectivity index (χ4v) is 4.26. The van der Waals surface area contributed by atoms with Crippen molar-refractivity contribution in [2.75, 3.05) is 12.3 Å². The summed E-state index contributed by atoms with van der Waals surface area (Å²) in [6.07, 6.45) is 4.21. The zero-order valence-corrected chi connectivity index (χ0v) is 16.5. The summed E-state index contributed by atoms with van der Waals surface area (Å²) in [5.41, 5.74) is 2.73. The molecular formula is C21H28N2OS. The molecule has 1 unspecified atom stereocenters. The largest absolute Gasteiger partial charge is 0.353 e. The van der Waals surface area contributed by atoms with Crippen molar-refractivity contribution in [3.05, 3.63) is 53.9 Å². The van der Waals surface area contributed by atoms with Gasteiger partial charge < -0.3 is 9.47 Å². The fourth-order valence-electron chi connectivity index (χ4n) is 3.47. The molecule has 2 aromatic rings. The summed E-state index contributed by atoms with van der Waals surface area (Å²) in [5, 5.41) is 0. The minimum absolute atomic E-state index is 0.164. The van der Waals surface area contributed by atoms with Crippen LogP contribution in [0, 0.1) is 0 Å². The molecule has 1 fully saturated rings. The van der Waals surface area contributed by atoms with Gasteiger partial charge in [0.05, 0.1) is 11.8 Å². The van der Waals surface area contributed by atoms with Gasteiger partial charge in [-0.3, -0.25) is 4.79 Å². The van der Waals surface area contributed by atoms with Crippen LogP contribution in [0.2, 0.25) is 0 Å². The van der Waals surface area contributed by atoms with E-state index in [4.69, 9.17) is 0 Å². The van der Waals surface area contributed by atoms with E-state index in [0.717, 1.165) is 24.3 Å². The van der Waals surface area contributed by atoms with Crippen LogP contribution in [0.15, 0.2) is 47.5 Å². The third-order valence-electron chi connectivity index (χ3n) is 4.98. The molecule has 0 bridgehead atoms. The van der Waals surface area contributed by atoms with Gasteiger partial charge in [-0.15, -0.1) is 11.8 Å². The monoisotopic (exact) mass is 356 g/mol. The van der Waals surface area contributed by atoms with Gasteiger partial charge in [-0.2, -0.15) is 0 Å². The van der Waals surface area contributed by atoms with Crippen LogP contribution in [0.1, 0.15) is 50.9 Å².